The van der Waals surface area contributed by atoms with E-state index in [-0.39, 0.29) is 0 Å². The number of nitrogens with zero attached hydrogens (tertiary/aromatic N) is 2. The molecule has 0 atom stereocenters. The topological polar surface area (TPSA) is 55.1 Å². The predicted molar refractivity (Wildman–Crippen MR) is 116 cm³/mol. The fourth-order valence-electron chi connectivity index (χ4n) is 2.68. The minimum atomic E-state index is 0.645. The molecule has 0 N–H and O–H groups in total. The highest BCUT2D eigenvalue weighted by Crippen LogP contribution is 2.33. The highest BCUT2D eigenvalue weighted by molar-refractivity contribution is 9.11. The van der Waals surface area contributed by atoms with Crippen LogP contribution in [0.25, 0.3) is 11.3 Å². The number of nitriles is 1. The van der Waals surface area contributed by atoms with Crippen LogP contribution in [0.15, 0.2) is 52.3 Å². The van der Waals surface area contributed by atoms with E-state index in [1.165, 1.54) is 0 Å². The van der Waals surface area contributed by atoms with E-state index in [0.29, 0.717) is 18.8 Å². The molecule has 0 fully saturated rings. The second kappa shape index (κ2) is 10.3. The maximum atomic E-state index is 8.78. The fraction of sp³-hybridized carbons (Fsp3) is 0.273. The third-order valence-electron chi connectivity index (χ3n) is 4.13. The standard InChI is InChI=1S/C22H21BrN2O2S/c1-16-25-21(22(23)28-16)18-7-11-20(12-8-18)27-14-4-2-3-13-26-19-9-5-17(15-24)6-10-19/h5-12H,2-4,13-14H2,1H3. The molecule has 144 valence electrons. The first kappa shape index (κ1) is 20.4. The van der Waals surface area contributed by atoms with Crippen molar-refractivity contribution >= 4 is 27.3 Å². The highest BCUT2D eigenvalue weighted by atomic mass is 79.9. The number of benzene rings is 2. The first-order chi connectivity index (χ1) is 13.7. The molecule has 0 bridgehead atoms. The van der Waals surface area contributed by atoms with Gasteiger partial charge in [0, 0.05) is 5.56 Å². The van der Waals surface area contributed by atoms with Gasteiger partial charge < -0.3 is 9.47 Å². The summed E-state index contributed by atoms with van der Waals surface area (Å²) >= 11 is 5.21. The van der Waals surface area contributed by atoms with Crippen LogP contribution in [0.4, 0.5) is 0 Å². The van der Waals surface area contributed by atoms with E-state index in [1.54, 1.807) is 23.5 Å². The van der Waals surface area contributed by atoms with Crippen molar-refractivity contribution in [3.63, 3.8) is 0 Å². The van der Waals surface area contributed by atoms with Gasteiger partial charge in [-0.05, 0) is 90.6 Å². The van der Waals surface area contributed by atoms with E-state index < -0.39 is 0 Å². The van der Waals surface area contributed by atoms with Crippen molar-refractivity contribution < 1.29 is 9.47 Å². The van der Waals surface area contributed by atoms with E-state index in [1.807, 2.05) is 43.3 Å². The molecule has 0 amide bonds. The van der Waals surface area contributed by atoms with Gasteiger partial charge in [-0.15, -0.1) is 11.3 Å². The number of thiazole rings is 1. The van der Waals surface area contributed by atoms with Gasteiger partial charge in [0.2, 0.25) is 0 Å². The first-order valence-electron chi connectivity index (χ1n) is 9.15. The van der Waals surface area contributed by atoms with Gasteiger partial charge in [-0.1, -0.05) is 0 Å². The van der Waals surface area contributed by atoms with Crippen LogP contribution in [0, 0.1) is 18.3 Å². The third kappa shape index (κ3) is 5.82. The molecular formula is C22H21BrN2O2S. The molecule has 0 aliphatic rings. The molecule has 0 unspecified atom stereocenters. The molecule has 28 heavy (non-hydrogen) atoms. The van der Waals surface area contributed by atoms with Crippen LogP contribution in [0.5, 0.6) is 11.5 Å². The van der Waals surface area contributed by atoms with Crippen LogP contribution in [0.1, 0.15) is 29.8 Å². The SMILES string of the molecule is Cc1nc(-c2ccc(OCCCCCOc3ccc(C#N)cc3)cc2)c(Br)s1. The minimum Gasteiger partial charge on any atom is -0.494 e. The molecular weight excluding hydrogens is 436 g/mol. The Morgan fingerprint density at radius 2 is 1.50 bits per heavy atom. The zero-order valence-corrected chi connectivity index (χ0v) is 18.1. The third-order valence-corrected chi connectivity index (χ3v) is 5.75. The van der Waals surface area contributed by atoms with Crippen molar-refractivity contribution in [1.29, 1.82) is 5.26 Å². The van der Waals surface area contributed by atoms with Crippen molar-refractivity contribution in [2.75, 3.05) is 13.2 Å². The second-order valence-corrected chi connectivity index (χ2v) is 8.79. The highest BCUT2D eigenvalue weighted by Gasteiger charge is 2.08. The average molecular weight is 457 g/mol. The number of hydrogen-bond acceptors (Lipinski definition) is 5. The molecule has 0 saturated carbocycles. The van der Waals surface area contributed by atoms with Gasteiger partial charge in [-0.25, -0.2) is 4.98 Å². The predicted octanol–water partition coefficient (Wildman–Crippen LogP) is 6.38. The molecule has 1 heterocycles. The molecule has 0 spiro atoms. The first-order valence-corrected chi connectivity index (χ1v) is 10.8. The smallest absolute Gasteiger partial charge is 0.119 e. The molecule has 0 saturated heterocycles. The molecule has 0 aliphatic carbocycles. The second-order valence-electron chi connectivity index (χ2n) is 6.27. The summed E-state index contributed by atoms with van der Waals surface area (Å²) in [6, 6.07) is 17.4. The summed E-state index contributed by atoms with van der Waals surface area (Å²) in [4.78, 5) is 4.55. The van der Waals surface area contributed by atoms with Crippen LogP contribution >= 0.6 is 27.3 Å². The molecule has 3 aromatic rings. The van der Waals surface area contributed by atoms with Gasteiger partial charge >= 0.3 is 0 Å². The number of aromatic nitrogens is 1. The Hall–Kier alpha value is -2.36. The van der Waals surface area contributed by atoms with E-state index in [0.717, 1.165) is 50.8 Å². The Morgan fingerprint density at radius 3 is 2.00 bits per heavy atom. The minimum absolute atomic E-state index is 0.645. The van der Waals surface area contributed by atoms with Crippen LogP contribution in [-0.2, 0) is 0 Å². The summed E-state index contributed by atoms with van der Waals surface area (Å²) in [5, 5.41) is 9.82. The fourth-order valence-corrected chi connectivity index (χ4v) is 4.35. The summed E-state index contributed by atoms with van der Waals surface area (Å²) in [5.41, 5.74) is 2.71. The maximum absolute atomic E-state index is 8.78. The quantitative estimate of drug-likeness (QED) is 0.350. The lowest BCUT2D eigenvalue weighted by Gasteiger charge is -2.08. The van der Waals surface area contributed by atoms with Gasteiger partial charge in [0.25, 0.3) is 0 Å². The van der Waals surface area contributed by atoms with Gasteiger partial charge in [0.15, 0.2) is 0 Å². The Balaban J connectivity index is 1.33. The van der Waals surface area contributed by atoms with Crippen LogP contribution in [0.3, 0.4) is 0 Å². The van der Waals surface area contributed by atoms with E-state index >= 15 is 0 Å². The number of rotatable bonds is 9. The molecule has 0 aliphatic heterocycles. The summed E-state index contributed by atoms with van der Waals surface area (Å²) < 4.78 is 12.6. The number of halogens is 1. The summed E-state index contributed by atoms with van der Waals surface area (Å²) in [6.07, 6.45) is 2.99. The maximum Gasteiger partial charge on any atom is 0.119 e. The molecule has 2 aromatic carbocycles. The van der Waals surface area contributed by atoms with Crippen molar-refractivity contribution in [3.05, 3.63) is 62.9 Å². The Labute approximate surface area is 177 Å². The molecule has 1 aromatic heterocycles. The van der Waals surface area contributed by atoms with E-state index in [4.69, 9.17) is 14.7 Å². The molecule has 4 nitrogen and oxygen atoms in total. The van der Waals surface area contributed by atoms with Crippen molar-refractivity contribution in [2.24, 2.45) is 0 Å². The van der Waals surface area contributed by atoms with E-state index in [9.17, 15) is 0 Å². The van der Waals surface area contributed by atoms with E-state index in [2.05, 4.69) is 27.0 Å². The molecule has 6 heteroatoms. The lowest BCUT2D eigenvalue weighted by molar-refractivity contribution is 0.279. The molecule has 3 rings (SSSR count). The lowest BCUT2D eigenvalue weighted by Crippen LogP contribution is -2.01. The number of aryl methyl sites for hydroxylation is 1. The van der Waals surface area contributed by atoms with Gasteiger partial charge in [0.1, 0.15) is 11.5 Å². The van der Waals surface area contributed by atoms with Gasteiger partial charge in [-0.3, -0.25) is 0 Å². The zero-order chi connectivity index (χ0) is 19.8. The van der Waals surface area contributed by atoms with Crippen molar-refractivity contribution in [2.45, 2.75) is 26.2 Å². The van der Waals surface area contributed by atoms with Gasteiger partial charge in [-0.2, -0.15) is 5.26 Å². The van der Waals surface area contributed by atoms with Crippen molar-refractivity contribution in [3.8, 4) is 28.8 Å². The lowest BCUT2D eigenvalue weighted by atomic mass is 10.2. The largest absolute Gasteiger partial charge is 0.494 e. The molecule has 0 radical (unpaired) electrons. The average Bonchev–Trinajstić information content (AvgIpc) is 3.06. The Kier molecular flexibility index (Phi) is 7.46. The van der Waals surface area contributed by atoms with Crippen LogP contribution in [0.2, 0.25) is 0 Å². The van der Waals surface area contributed by atoms with Gasteiger partial charge in [0.05, 0.1) is 39.3 Å². The summed E-state index contributed by atoms with van der Waals surface area (Å²) in [7, 11) is 0. The normalized spacial score (nSPS) is 10.5. The number of ether oxygens (including phenoxy) is 2. The van der Waals surface area contributed by atoms with Crippen LogP contribution in [-0.4, -0.2) is 18.2 Å². The zero-order valence-electron chi connectivity index (χ0n) is 15.7. The summed E-state index contributed by atoms with van der Waals surface area (Å²) in [5.74, 6) is 1.68. The monoisotopic (exact) mass is 456 g/mol. The summed E-state index contributed by atoms with van der Waals surface area (Å²) in [6.45, 7) is 3.37. The Morgan fingerprint density at radius 1 is 0.929 bits per heavy atom. The number of hydrogen-bond donors (Lipinski definition) is 0. The van der Waals surface area contributed by atoms with Crippen molar-refractivity contribution in [1.82, 2.24) is 4.98 Å². The Bertz CT molecular complexity index is 931. The van der Waals surface area contributed by atoms with Crippen LogP contribution < -0.4 is 9.47 Å². The number of unbranched alkanes of at least 4 members (excludes halogenated alkanes) is 2.